The van der Waals surface area contributed by atoms with E-state index >= 15 is 0 Å². The van der Waals surface area contributed by atoms with Gasteiger partial charge in [0.1, 0.15) is 5.69 Å². The Bertz CT molecular complexity index is 1050. The molecule has 2 amide bonds. The summed E-state index contributed by atoms with van der Waals surface area (Å²) in [6, 6.07) is 14.9. The quantitative estimate of drug-likeness (QED) is 0.667. The van der Waals surface area contributed by atoms with Gasteiger partial charge in [-0.1, -0.05) is 35.9 Å². The first-order valence-electron chi connectivity index (χ1n) is 10.1. The van der Waals surface area contributed by atoms with E-state index in [1.165, 1.54) is 0 Å². The zero-order valence-electron chi connectivity index (χ0n) is 17.1. The minimum atomic E-state index is -0.297. The molecule has 3 aromatic rings. The molecule has 0 bridgehead atoms. The zero-order valence-corrected chi connectivity index (χ0v) is 17.9. The molecule has 1 fully saturated rings. The Morgan fingerprint density at radius 3 is 2.53 bits per heavy atom. The molecule has 6 nitrogen and oxygen atoms in total. The Labute approximate surface area is 180 Å². The molecule has 1 saturated heterocycles. The number of benzene rings is 2. The lowest BCUT2D eigenvalue weighted by molar-refractivity contribution is -0.121. The van der Waals surface area contributed by atoms with E-state index in [-0.39, 0.29) is 17.9 Å². The smallest absolute Gasteiger partial charge is 0.270 e. The number of aromatic amines is 1. The number of carbonyl (C=O) groups is 2. The summed E-state index contributed by atoms with van der Waals surface area (Å²) in [6.45, 7) is 6.25. The molecule has 0 spiro atoms. The highest BCUT2D eigenvalue weighted by Gasteiger charge is 2.28. The lowest BCUT2D eigenvalue weighted by atomic mass is 10.1. The highest BCUT2D eigenvalue weighted by molar-refractivity contribution is 6.31. The first-order chi connectivity index (χ1) is 14.4. The third kappa shape index (κ3) is 4.06. The molecule has 2 N–H and O–H groups in total. The predicted molar refractivity (Wildman–Crippen MR) is 120 cm³/mol. The van der Waals surface area contributed by atoms with Gasteiger partial charge in [0, 0.05) is 47.8 Å². The molecular formula is C23H25ClN4O2. The van der Waals surface area contributed by atoms with Gasteiger partial charge in [0.15, 0.2) is 0 Å². The third-order valence-electron chi connectivity index (χ3n) is 5.81. The Morgan fingerprint density at radius 1 is 1.07 bits per heavy atom. The summed E-state index contributed by atoms with van der Waals surface area (Å²) in [4.78, 5) is 32.7. The number of nitrogens with zero attached hydrogens (tertiary/aromatic N) is 2. The summed E-state index contributed by atoms with van der Waals surface area (Å²) in [6.07, 6.45) is 0. The molecular weight excluding hydrogens is 400 g/mol. The van der Waals surface area contributed by atoms with E-state index in [1.54, 1.807) is 6.07 Å². The number of carbonyl (C=O) groups excluding carboxylic acids is 2. The maximum atomic E-state index is 12.9. The Hall–Kier alpha value is -2.83. The van der Waals surface area contributed by atoms with Crippen LogP contribution in [0.5, 0.6) is 0 Å². The monoisotopic (exact) mass is 424 g/mol. The maximum absolute atomic E-state index is 12.9. The van der Waals surface area contributed by atoms with E-state index in [0.717, 1.165) is 22.2 Å². The third-order valence-corrected chi connectivity index (χ3v) is 6.22. The van der Waals surface area contributed by atoms with Crippen molar-refractivity contribution in [3.05, 3.63) is 64.8 Å². The minimum Gasteiger partial charge on any atom is -0.351 e. The van der Waals surface area contributed by atoms with Crippen molar-refractivity contribution in [3.63, 3.8) is 0 Å². The largest absolute Gasteiger partial charge is 0.351 e. The number of fused-ring (bicyclic) bond motifs is 1. The standard InChI is InChI=1S/C23H25ClN4O2/c1-15-18(24)7-5-9-19(15)26-22(29)16(2)27-10-12-28(13-11-27)23(30)21-14-17-6-3-4-8-20(17)25-21/h3-9,14,16,25H,10-13H2,1-2H3,(H,26,29). The highest BCUT2D eigenvalue weighted by Crippen LogP contribution is 2.23. The van der Waals surface area contributed by atoms with Crippen LogP contribution in [0.4, 0.5) is 5.69 Å². The molecule has 2 heterocycles. The number of halogens is 1. The highest BCUT2D eigenvalue weighted by atomic mass is 35.5. The van der Waals surface area contributed by atoms with Crippen molar-refractivity contribution in [1.82, 2.24) is 14.8 Å². The SMILES string of the molecule is Cc1c(Cl)cccc1NC(=O)C(C)N1CCN(C(=O)c2cc3ccccc3[nH]2)CC1. The Kier molecular flexibility index (Phi) is 5.79. The number of rotatable bonds is 4. The van der Waals surface area contributed by atoms with Crippen molar-refractivity contribution >= 4 is 40.0 Å². The normalized spacial score (nSPS) is 15.9. The first-order valence-corrected chi connectivity index (χ1v) is 10.5. The van der Waals surface area contributed by atoms with Crippen LogP contribution in [-0.4, -0.2) is 58.8 Å². The predicted octanol–water partition coefficient (Wildman–Crippen LogP) is 3.91. The van der Waals surface area contributed by atoms with Crippen LogP contribution in [0.2, 0.25) is 5.02 Å². The molecule has 1 aromatic heterocycles. The lowest BCUT2D eigenvalue weighted by Crippen LogP contribution is -2.54. The molecule has 7 heteroatoms. The molecule has 4 rings (SSSR count). The summed E-state index contributed by atoms with van der Waals surface area (Å²) < 4.78 is 0. The fraction of sp³-hybridized carbons (Fsp3) is 0.304. The van der Waals surface area contributed by atoms with Crippen LogP contribution in [-0.2, 0) is 4.79 Å². The molecule has 0 aliphatic carbocycles. The molecule has 1 atom stereocenters. The van der Waals surface area contributed by atoms with E-state index in [0.29, 0.717) is 36.9 Å². The Balaban J connectivity index is 1.35. The van der Waals surface area contributed by atoms with Gasteiger partial charge in [-0.3, -0.25) is 14.5 Å². The van der Waals surface area contributed by atoms with Crippen LogP contribution in [0, 0.1) is 6.92 Å². The number of hydrogen-bond acceptors (Lipinski definition) is 3. The summed E-state index contributed by atoms with van der Waals surface area (Å²) in [5.41, 5.74) is 3.15. The van der Waals surface area contributed by atoms with Gasteiger partial charge in [-0.15, -0.1) is 0 Å². The zero-order chi connectivity index (χ0) is 21.3. The minimum absolute atomic E-state index is 0.00231. The van der Waals surface area contributed by atoms with Crippen LogP contribution in [0.15, 0.2) is 48.5 Å². The van der Waals surface area contributed by atoms with Crippen molar-refractivity contribution in [1.29, 1.82) is 0 Å². The van der Waals surface area contributed by atoms with Gasteiger partial charge in [-0.05, 0) is 43.7 Å². The average molecular weight is 425 g/mol. The number of para-hydroxylation sites is 1. The number of H-pyrrole nitrogens is 1. The number of aromatic nitrogens is 1. The van der Waals surface area contributed by atoms with E-state index in [4.69, 9.17) is 11.6 Å². The number of amides is 2. The van der Waals surface area contributed by atoms with Crippen LogP contribution >= 0.6 is 11.6 Å². The first kappa shape index (κ1) is 20.4. The second-order valence-electron chi connectivity index (χ2n) is 7.68. The van der Waals surface area contributed by atoms with Crippen molar-refractivity contribution < 1.29 is 9.59 Å². The molecule has 30 heavy (non-hydrogen) atoms. The number of anilines is 1. The van der Waals surface area contributed by atoms with Gasteiger partial charge in [0.2, 0.25) is 5.91 Å². The van der Waals surface area contributed by atoms with Gasteiger partial charge < -0.3 is 15.2 Å². The van der Waals surface area contributed by atoms with Gasteiger partial charge in [0.05, 0.1) is 6.04 Å². The second kappa shape index (κ2) is 8.50. The van der Waals surface area contributed by atoms with Crippen LogP contribution in [0.3, 0.4) is 0 Å². The van der Waals surface area contributed by atoms with Gasteiger partial charge in [-0.25, -0.2) is 0 Å². The molecule has 156 valence electrons. The molecule has 2 aromatic carbocycles. The van der Waals surface area contributed by atoms with Gasteiger partial charge >= 0.3 is 0 Å². The van der Waals surface area contributed by atoms with E-state index in [9.17, 15) is 9.59 Å². The van der Waals surface area contributed by atoms with Crippen molar-refractivity contribution in [2.75, 3.05) is 31.5 Å². The number of piperazine rings is 1. The topological polar surface area (TPSA) is 68.4 Å². The lowest BCUT2D eigenvalue weighted by Gasteiger charge is -2.37. The average Bonchev–Trinajstić information content (AvgIpc) is 3.20. The van der Waals surface area contributed by atoms with Crippen molar-refractivity contribution in [2.24, 2.45) is 0 Å². The second-order valence-corrected chi connectivity index (χ2v) is 8.08. The molecule has 0 radical (unpaired) electrons. The fourth-order valence-corrected chi connectivity index (χ4v) is 3.99. The summed E-state index contributed by atoms with van der Waals surface area (Å²) in [7, 11) is 0. The van der Waals surface area contributed by atoms with Gasteiger partial charge in [-0.2, -0.15) is 0 Å². The molecule has 0 saturated carbocycles. The van der Waals surface area contributed by atoms with Crippen LogP contribution in [0.1, 0.15) is 23.0 Å². The van der Waals surface area contributed by atoms with E-state index < -0.39 is 0 Å². The number of hydrogen-bond donors (Lipinski definition) is 2. The summed E-state index contributed by atoms with van der Waals surface area (Å²) in [5, 5.41) is 4.63. The summed E-state index contributed by atoms with van der Waals surface area (Å²) in [5.74, 6) is -0.0757. The summed E-state index contributed by atoms with van der Waals surface area (Å²) >= 11 is 6.15. The van der Waals surface area contributed by atoms with E-state index in [2.05, 4.69) is 15.2 Å². The van der Waals surface area contributed by atoms with E-state index in [1.807, 2.05) is 61.2 Å². The van der Waals surface area contributed by atoms with Gasteiger partial charge in [0.25, 0.3) is 5.91 Å². The van der Waals surface area contributed by atoms with Crippen molar-refractivity contribution in [3.8, 4) is 0 Å². The van der Waals surface area contributed by atoms with Crippen LogP contribution < -0.4 is 5.32 Å². The molecule has 1 aliphatic rings. The van der Waals surface area contributed by atoms with Crippen LogP contribution in [0.25, 0.3) is 10.9 Å². The maximum Gasteiger partial charge on any atom is 0.270 e. The number of nitrogens with one attached hydrogen (secondary N) is 2. The molecule has 1 aliphatic heterocycles. The van der Waals surface area contributed by atoms with Crippen molar-refractivity contribution in [2.45, 2.75) is 19.9 Å². The fourth-order valence-electron chi connectivity index (χ4n) is 3.82. The molecule has 1 unspecified atom stereocenters. The Morgan fingerprint density at radius 2 is 1.80 bits per heavy atom.